The van der Waals surface area contributed by atoms with Crippen LogP contribution in [0.3, 0.4) is 0 Å². The molecule has 1 heterocycles. The van der Waals surface area contributed by atoms with Gasteiger partial charge in [-0.05, 0) is 48.1 Å². The monoisotopic (exact) mass is 338 g/mol. The summed E-state index contributed by atoms with van der Waals surface area (Å²) >= 11 is 0. The Bertz CT molecular complexity index is 725. The molecule has 0 unspecified atom stereocenters. The van der Waals surface area contributed by atoms with Gasteiger partial charge in [-0.15, -0.1) is 0 Å². The van der Waals surface area contributed by atoms with Gasteiger partial charge < -0.3 is 14.9 Å². The largest absolute Gasteiger partial charge is 0.392 e. The van der Waals surface area contributed by atoms with E-state index in [4.69, 9.17) is 5.11 Å². The average Bonchev–Trinajstić information content (AvgIpc) is 3.10. The molecule has 0 aromatic heterocycles. The molecule has 1 atom stereocenters. The summed E-state index contributed by atoms with van der Waals surface area (Å²) in [6.07, 6.45) is 2.02. The van der Waals surface area contributed by atoms with Crippen LogP contribution in [-0.4, -0.2) is 43.1 Å². The van der Waals surface area contributed by atoms with Crippen molar-refractivity contribution in [1.29, 1.82) is 0 Å². The Morgan fingerprint density at radius 3 is 2.56 bits per heavy atom. The van der Waals surface area contributed by atoms with Crippen LogP contribution >= 0.6 is 0 Å². The van der Waals surface area contributed by atoms with E-state index in [1.54, 1.807) is 0 Å². The van der Waals surface area contributed by atoms with E-state index in [0.29, 0.717) is 5.92 Å². The van der Waals surface area contributed by atoms with Gasteiger partial charge in [0.05, 0.1) is 6.61 Å². The van der Waals surface area contributed by atoms with Crippen molar-refractivity contribution in [3.8, 4) is 0 Å². The fourth-order valence-corrected chi connectivity index (χ4v) is 3.40. The number of carbonyl (C=O) groups excluding carboxylic acids is 1. The summed E-state index contributed by atoms with van der Waals surface area (Å²) in [6, 6.07) is 15.9. The van der Waals surface area contributed by atoms with Crippen LogP contribution in [0.2, 0.25) is 0 Å². The highest BCUT2D eigenvalue weighted by atomic mass is 16.3. The van der Waals surface area contributed by atoms with Gasteiger partial charge in [-0.25, -0.2) is 0 Å². The molecule has 0 radical (unpaired) electrons. The van der Waals surface area contributed by atoms with E-state index in [1.807, 2.05) is 60.3 Å². The minimum Gasteiger partial charge on any atom is -0.392 e. The molecule has 0 aliphatic carbocycles. The van der Waals surface area contributed by atoms with Gasteiger partial charge in [-0.3, -0.25) is 4.79 Å². The molecule has 3 rings (SSSR count). The first-order chi connectivity index (χ1) is 12.1. The molecule has 1 saturated heterocycles. The third-order valence-corrected chi connectivity index (χ3v) is 4.91. The molecule has 2 aromatic carbocycles. The highest BCUT2D eigenvalue weighted by Crippen LogP contribution is 2.24. The molecule has 0 bridgehead atoms. The van der Waals surface area contributed by atoms with Gasteiger partial charge in [0.25, 0.3) is 5.91 Å². The van der Waals surface area contributed by atoms with Crippen molar-refractivity contribution >= 4 is 11.6 Å². The number of hydrogen-bond donors (Lipinski definition) is 1. The number of nitrogens with zero attached hydrogens (tertiary/aromatic N) is 2. The van der Waals surface area contributed by atoms with Crippen LogP contribution in [0.15, 0.2) is 48.5 Å². The minimum absolute atomic E-state index is 0.0813. The smallest absolute Gasteiger partial charge is 0.253 e. The summed E-state index contributed by atoms with van der Waals surface area (Å²) in [5, 5.41) is 9.12. The number of hydrogen-bond acceptors (Lipinski definition) is 3. The fraction of sp³-hybridized carbons (Fsp3) is 0.381. The van der Waals surface area contributed by atoms with Gasteiger partial charge in [0, 0.05) is 38.4 Å². The second-order valence-electron chi connectivity index (χ2n) is 7.03. The summed E-state index contributed by atoms with van der Waals surface area (Å²) in [4.78, 5) is 16.8. The first-order valence-corrected chi connectivity index (χ1v) is 8.82. The van der Waals surface area contributed by atoms with Crippen molar-refractivity contribution in [1.82, 2.24) is 4.90 Å². The first kappa shape index (κ1) is 17.5. The van der Waals surface area contributed by atoms with E-state index in [2.05, 4.69) is 12.1 Å². The third-order valence-electron chi connectivity index (χ3n) is 4.91. The molecule has 1 aliphatic rings. The molecule has 2 aromatic rings. The Morgan fingerprint density at radius 2 is 1.88 bits per heavy atom. The highest BCUT2D eigenvalue weighted by Gasteiger charge is 2.27. The van der Waals surface area contributed by atoms with E-state index in [-0.39, 0.29) is 12.5 Å². The molecular weight excluding hydrogens is 312 g/mol. The van der Waals surface area contributed by atoms with Gasteiger partial charge in [-0.2, -0.15) is 0 Å². The summed E-state index contributed by atoms with van der Waals surface area (Å²) in [5.74, 6) is 0.628. The van der Waals surface area contributed by atoms with Crippen molar-refractivity contribution in [3.63, 3.8) is 0 Å². The van der Waals surface area contributed by atoms with Gasteiger partial charge in [-0.1, -0.05) is 30.3 Å². The van der Waals surface area contributed by atoms with Crippen molar-refractivity contribution in [3.05, 3.63) is 65.2 Å². The van der Waals surface area contributed by atoms with Crippen molar-refractivity contribution in [2.75, 3.05) is 32.1 Å². The number of amides is 1. The molecule has 25 heavy (non-hydrogen) atoms. The lowest BCUT2D eigenvalue weighted by molar-refractivity contribution is 0.0787. The van der Waals surface area contributed by atoms with Gasteiger partial charge in [0.2, 0.25) is 0 Å². The molecular formula is C21H26N2O2. The number of likely N-dealkylation sites (tertiary alicyclic amines) is 1. The van der Waals surface area contributed by atoms with Crippen molar-refractivity contribution < 1.29 is 9.90 Å². The van der Waals surface area contributed by atoms with E-state index in [0.717, 1.165) is 42.7 Å². The van der Waals surface area contributed by atoms with E-state index in [1.165, 1.54) is 5.56 Å². The lowest BCUT2D eigenvalue weighted by Gasteiger charge is -2.18. The third kappa shape index (κ3) is 4.20. The number of aliphatic hydroxyl groups is 1. The van der Waals surface area contributed by atoms with Crippen LogP contribution in [0.5, 0.6) is 0 Å². The Labute approximate surface area is 149 Å². The maximum Gasteiger partial charge on any atom is 0.253 e. The molecule has 4 heteroatoms. The average molecular weight is 338 g/mol. The minimum atomic E-state index is 0.0813. The van der Waals surface area contributed by atoms with Crippen LogP contribution in [0.4, 0.5) is 5.69 Å². The Kier molecular flexibility index (Phi) is 5.39. The van der Waals surface area contributed by atoms with Gasteiger partial charge in [0.15, 0.2) is 0 Å². The van der Waals surface area contributed by atoms with Crippen LogP contribution in [0.1, 0.15) is 27.9 Å². The number of carbonyl (C=O) groups is 1. The van der Waals surface area contributed by atoms with E-state index < -0.39 is 0 Å². The second-order valence-corrected chi connectivity index (χ2v) is 7.03. The molecule has 1 amide bonds. The maximum absolute atomic E-state index is 12.8. The molecule has 0 spiro atoms. The zero-order valence-corrected chi connectivity index (χ0v) is 15.0. The zero-order valence-electron chi connectivity index (χ0n) is 15.0. The molecule has 1 N–H and O–H groups in total. The lowest BCUT2D eigenvalue weighted by Crippen LogP contribution is -2.29. The normalized spacial score (nSPS) is 16.9. The van der Waals surface area contributed by atoms with E-state index in [9.17, 15) is 4.79 Å². The zero-order chi connectivity index (χ0) is 17.8. The number of anilines is 1. The van der Waals surface area contributed by atoms with Crippen molar-refractivity contribution in [2.24, 2.45) is 5.92 Å². The van der Waals surface area contributed by atoms with Crippen molar-refractivity contribution in [2.45, 2.75) is 19.4 Å². The molecule has 132 valence electrons. The quantitative estimate of drug-likeness (QED) is 0.911. The standard InChI is InChI=1S/C21H26N2O2/c1-22(2)20-5-3-4-19(13-20)21(25)23-11-10-18(14-23)12-16-6-8-17(15-24)9-7-16/h3-9,13,18,24H,10-12,14-15H2,1-2H3/t18-/m1/s1. The second kappa shape index (κ2) is 7.70. The highest BCUT2D eigenvalue weighted by molar-refractivity contribution is 5.95. The van der Waals surface area contributed by atoms with Crippen LogP contribution in [0.25, 0.3) is 0 Å². The molecule has 1 aliphatic heterocycles. The van der Waals surface area contributed by atoms with Crippen LogP contribution in [0, 0.1) is 5.92 Å². The predicted octanol–water partition coefficient (Wildman–Crippen LogP) is 2.95. The summed E-state index contributed by atoms with van der Waals surface area (Å²) in [5.41, 5.74) is 4.02. The predicted molar refractivity (Wildman–Crippen MR) is 101 cm³/mol. The van der Waals surface area contributed by atoms with E-state index >= 15 is 0 Å². The molecule has 1 fully saturated rings. The number of aliphatic hydroxyl groups excluding tert-OH is 1. The first-order valence-electron chi connectivity index (χ1n) is 8.82. The summed E-state index contributed by atoms with van der Waals surface area (Å²) < 4.78 is 0. The summed E-state index contributed by atoms with van der Waals surface area (Å²) in [7, 11) is 3.97. The molecule has 0 saturated carbocycles. The summed E-state index contributed by atoms with van der Waals surface area (Å²) in [6.45, 7) is 1.72. The Balaban J connectivity index is 1.61. The topological polar surface area (TPSA) is 43.8 Å². The number of benzene rings is 2. The van der Waals surface area contributed by atoms with Gasteiger partial charge >= 0.3 is 0 Å². The Hall–Kier alpha value is -2.33. The fourth-order valence-electron chi connectivity index (χ4n) is 3.40. The van der Waals surface area contributed by atoms with Crippen LogP contribution in [-0.2, 0) is 13.0 Å². The van der Waals surface area contributed by atoms with Gasteiger partial charge in [0.1, 0.15) is 0 Å². The Morgan fingerprint density at radius 1 is 1.16 bits per heavy atom. The maximum atomic E-state index is 12.8. The molecule has 4 nitrogen and oxygen atoms in total. The number of rotatable bonds is 5. The SMILES string of the molecule is CN(C)c1cccc(C(=O)N2CC[C@H](Cc3ccc(CO)cc3)C2)c1. The lowest BCUT2D eigenvalue weighted by atomic mass is 9.98. The van der Waals surface area contributed by atoms with Crippen LogP contribution < -0.4 is 4.90 Å².